The van der Waals surface area contributed by atoms with Gasteiger partial charge in [-0.25, -0.2) is 9.97 Å². The van der Waals surface area contributed by atoms with Crippen LogP contribution >= 0.6 is 0 Å². The predicted octanol–water partition coefficient (Wildman–Crippen LogP) is 4.36. The second-order valence-electron chi connectivity index (χ2n) is 7.29. The van der Waals surface area contributed by atoms with Crippen LogP contribution in [0.4, 0.5) is 11.6 Å². The summed E-state index contributed by atoms with van der Waals surface area (Å²) in [7, 11) is 0. The molecule has 1 aliphatic rings. The van der Waals surface area contributed by atoms with E-state index in [4.69, 9.17) is 0 Å². The molecule has 0 spiro atoms. The lowest BCUT2D eigenvalue weighted by atomic mass is 9.93. The topological polar surface area (TPSA) is 66.9 Å². The second-order valence-corrected chi connectivity index (χ2v) is 7.29. The van der Waals surface area contributed by atoms with Crippen molar-refractivity contribution in [2.24, 2.45) is 0 Å². The largest absolute Gasteiger partial charge is 0.349 e. The van der Waals surface area contributed by atoms with Crippen LogP contribution in [-0.4, -0.2) is 21.9 Å². The zero-order valence-electron chi connectivity index (χ0n) is 15.3. The molecule has 132 valence electrons. The Balaban J connectivity index is 1.83. The first-order valence-corrected chi connectivity index (χ1v) is 8.98. The number of benzene rings is 1. The van der Waals surface area contributed by atoms with Crippen molar-refractivity contribution < 1.29 is 4.79 Å². The van der Waals surface area contributed by atoms with E-state index in [-0.39, 0.29) is 5.91 Å². The summed E-state index contributed by atoms with van der Waals surface area (Å²) < 4.78 is 0. The van der Waals surface area contributed by atoms with Gasteiger partial charge in [0, 0.05) is 24.1 Å². The molecular weight excluding hydrogens is 312 g/mol. The molecule has 0 aliphatic heterocycles. The molecule has 0 atom stereocenters. The smallest absolute Gasteiger partial charge is 0.254 e. The fraction of sp³-hybridized carbons (Fsp3) is 0.450. The number of amides is 1. The van der Waals surface area contributed by atoms with E-state index in [9.17, 15) is 4.79 Å². The van der Waals surface area contributed by atoms with Crippen molar-refractivity contribution in [2.75, 3.05) is 5.32 Å². The highest BCUT2D eigenvalue weighted by Gasteiger charge is 2.24. The molecule has 1 aromatic carbocycles. The molecule has 0 bridgehead atoms. The molecule has 1 saturated carbocycles. The van der Waals surface area contributed by atoms with Crippen LogP contribution in [0.5, 0.6) is 0 Å². The zero-order valence-corrected chi connectivity index (χ0v) is 15.3. The number of carbonyl (C=O) groups is 1. The second kappa shape index (κ2) is 7.21. The normalized spacial score (nSPS) is 14.0. The molecule has 1 heterocycles. The SMILES string of the molecule is CC(C)c1cccc(C(C)C)c1Nc1ncc(C(=O)NC2CC2)cn1. The van der Waals surface area contributed by atoms with E-state index in [1.807, 2.05) is 0 Å². The number of anilines is 2. The molecule has 3 rings (SSSR count). The van der Waals surface area contributed by atoms with Gasteiger partial charge in [0.05, 0.1) is 5.56 Å². The van der Waals surface area contributed by atoms with Crippen molar-refractivity contribution in [1.29, 1.82) is 0 Å². The van der Waals surface area contributed by atoms with Crippen LogP contribution in [0.15, 0.2) is 30.6 Å². The molecule has 2 aromatic rings. The fourth-order valence-electron chi connectivity index (χ4n) is 2.81. The third-order valence-electron chi connectivity index (χ3n) is 4.44. The molecule has 0 saturated heterocycles. The third kappa shape index (κ3) is 4.16. The van der Waals surface area contributed by atoms with E-state index in [0.717, 1.165) is 18.5 Å². The van der Waals surface area contributed by atoms with Gasteiger partial charge in [-0.05, 0) is 35.8 Å². The standard InChI is InChI=1S/C20H26N4O/c1-12(2)16-6-5-7-17(13(3)4)18(16)24-20-21-10-14(11-22-20)19(25)23-15-8-9-15/h5-7,10-13,15H,8-9H2,1-4H3,(H,23,25)(H,21,22,24). The first kappa shape index (κ1) is 17.4. The third-order valence-corrected chi connectivity index (χ3v) is 4.44. The minimum absolute atomic E-state index is 0.0977. The molecule has 25 heavy (non-hydrogen) atoms. The molecule has 0 unspecified atom stereocenters. The molecule has 0 radical (unpaired) electrons. The van der Waals surface area contributed by atoms with Crippen LogP contribution in [0, 0.1) is 0 Å². The van der Waals surface area contributed by atoms with Gasteiger partial charge in [0.2, 0.25) is 5.95 Å². The summed E-state index contributed by atoms with van der Waals surface area (Å²) in [6.45, 7) is 8.71. The Morgan fingerprint density at radius 1 is 1.04 bits per heavy atom. The summed E-state index contributed by atoms with van der Waals surface area (Å²) in [6, 6.07) is 6.70. The average Bonchev–Trinajstić information content (AvgIpc) is 3.39. The Morgan fingerprint density at radius 2 is 1.60 bits per heavy atom. The molecule has 5 heteroatoms. The number of para-hydroxylation sites is 1. The number of hydrogen-bond donors (Lipinski definition) is 2. The van der Waals surface area contributed by atoms with Crippen LogP contribution in [0.3, 0.4) is 0 Å². The molecular formula is C20H26N4O. The van der Waals surface area contributed by atoms with Gasteiger partial charge >= 0.3 is 0 Å². The Labute approximate surface area is 149 Å². The maximum atomic E-state index is 12.0. The lowest BCUT2D eigenvalue weighted by Gasteiger charge is -2.20. The molecule has 1 aromatic heterocycles. The van der Waals surface area contributed by atoms with Crippen molar-refractivity contribution >= 4 is 17.5 Å². The quantitative estimate of drug-likeness (QED) is 0.821. The first-order valence-electron chi connectivity index (χ1n) is 8.98. The highest BCUT2D eigenvalue weighted by Crippen LogP contribution is 2.33. The lowest BCUT2D eigenvalue weighted by molar-refractivity contribution is 0.0950. The highest BCUT2D eigenvalue weighted by atomic mass is 16.1. The number of nitrogens with zero attached hydrogens (tertiary/aromatic N) is 2. The fourth-order valence-corrected chi connectivity index (χ4v) is 2.81. The molecule has 5 nitrogen and oxygen atoms in total. The number of nitrogens with one attached hydrogen (secondary N) is 2. The van der Waals surface area contributed by atoms with E-state index in [1.165, 1.54) is 11.1 Å². The van der Waals surface area contributed by atoms with Crippen LogP contribution in [0.25, 0.3) is 0 Å². The Hall–Kier alpha value is -2.43. The number of hydrogen-bond acceptors (Lipinski definition) is 4. The van der Waals surface area contributed by atoms with Gasteiger partial charge in [0.15, 0.2) is 0 Å². The summed E-state index contributed by atoms with van der Waals surface area (Å²) in [4.78, 5) is 20.7. The Bertz CT molecular complexity index is 723. The summed E-state index contributed by atoms with van der Waals surface area (Å²) in [5.41, 5.74) is 4.05. The van der Waals surface area contributed by atoms with E-state index in [1.54, 1.807) is 12.4 Å². The number of aromatic nitrogens is 2. The van der Waals surface area contributed by atoms with Gasteiger partial charge in [0.25, 0.3) is 5.91 Å². The summed E-state index contributed by atoms with van der Waals surface area (Å²) in [5, 5.41) is 6.32. The van der Waals surface area contributed by atoms with Gasteiger partial charge < -0.3 is 10.6 Å². The van der Waals surface area contributed by atoms with Crippen LogP contribution in [0.1, 0.15) is 73.9 Å². The summed E-state index contributed by atoms with van der Waals surface area (Å²) in [5.74, 6) is 1.20. The van der Waals surface area contributed by atoms with Crippen LogP contribution < -0.4 is 10.6 Å². The van der Waals surface area contributed by atoms with E-state index in [2.05, 4.69) is 66.5 Å². The monoisotopic (exact) mass is 338 g/mol. The minimum atomic E-state index is -0.0977. The van der Waals surface area contributed by atoms with Crippen LogP contribution in [0.2, 0.25) is 0 Å². The molecule has 2 N–H and O–H groups in total. The van der Waals surface area contributed by atoms with Gasteiger partial charge in [-0.2, -0.15) is 0 Å². The summed E-state index contributed by atoms with van der Waals surface area (Å²) >= 11 is 0. The summed E-state index contributed by atoms with van der Waals surface area (Å²) in [6.07, 6.45) is 5.30. The molecule has 1 fully saturated rings. The maximum absolute atomic E-state index is 12.0. The lowest BCUT2D eigenvalue weighted by Crippen LogP contribution is -2.25. The van der Waals surface area contributed by atoms with E-state index in [0.29, 0.717) is 29.4 Å². The van der Waals surface area contributed by atoms with Crippen LogP contribution in [-0.2, 0) is 0 Å². The predicted molar refractivity (Wildman–Crippen MR) is 100 cm³/mol. The van der Waals surface area contributed by atoms with Gasteiger partial charge in [-0.15, -0.1) is 0 Å². The number of carbonyl (C=O) groups excluding carboxylic acids is 1. The minimum Gasteiger partial charge on any atom is -0.349 e. The Kier molecular flexibility index (Phi) is 5.02. The maximum Gasteiger partial charge on any atom is 0.254 e. The van der Waals surface area contributed by atoms with E-state index >= 15 is 0 Å². The Morgan fingerprint density at radius 3 is 2.08 bits per heavy atom. The first-order chi connectivity index (χ1) is 12.0. The zero-order chi connectivity index (χ0) is 18.0. The van der Waals surface area contributed by atoms with Gasteiger partial charge in [-0.1, -0.05) is 45.9 Å². The van der Waals surface area contributed by atoms with Crippen molar-refractivity contribution in [3.63, 3.8) is 0 Å². The average molecular weight is 338 g/mol. The van der Waals surface area contributed by atoms with Gasteiger partial charge in [-0.3, -0.25) is 4.79 Å². The van der Waals surface area contributed by atoms with Crippen molar-refractivity contribution in [1.82, 2.24) is 15.3 Å². The highest BCUT2D eigenvalue weighted by molar-refractivity contribution is 5.94. The van der Waals surface area contributed by atoms with Gasteiger partial charge in [0.1, 0.15) is 0 Å². The number of rotatable bonds is 6. The van der Waals surface area contributed by atoms with Crippen molar-refractivity contribution in [3.8, 4) is 0 Å². The van der Waals surface area contributed by atoms with E-state index < -0.39 is 0 Å². The molecule has 1 amide bonds. The van der Waals surface area contributed by atoms with Crippen molar-refractivity contribution in [2.45, 2.75) is 58.4 Å². The molecule has 1 aliphatic carbocycles. The van der Waals surface area contributed by atoms with Crippen molar-refractivity contribution in [3.05, 3.63) is 47.3 Å².